The molecule has 0 saturated carbocycles. The molecule has 1 heterocycles. The first-order chi connectivity index (χ1) is 13.5. The molecule has 0 bridgehead atoms. The second-order valence-electron chi connectivity index (χ2n) is 6.41. The minimum absolute atomic E-state index is 0. The molecule has 31 heavy (non-hydrogen) atoms. The Bertz CT molecular complexity index is 1450. The molecule has 0 fully saturated rings. The molecular formula is C18H11NNa2O8S2. The van der Waals surface area contributed by atoms with E-state index in [0.717, 1.165) is 24.3 Å². The van der Waals surface area contributed by atoms with Gasteiger partial charge in [0.2, 0.25) is 0 Å². The van der Waals surface area contributed by atoms with E-state index in [1.807, 2.05) is 0 Å². The molecular weight excluding hydrogens is 468 g/mol. The molecule has 150 valence electrons. The molecule has 1 aliphatic rings. The van der Waals surface area contributed by atoms with Crippen LogP contribution in [0.15, 0.2) is 58.3 Å². The Morgan fingerprint density at radius 2 is 1.23 bits per heavy atom. The zero-order valence-electron chi connectivity index (χ0n) is 16.3. The molecule has 3 aromatic rings. The molecule has 0 aliphatic heterocycles. The van der Waals surface area contributed by atoms with Crippen molar-refractivity contribution in [1.82, 2.24) is 4.98 Å². The number of ketones is 2. The first-order valence-electron chi connectivity index (χ1n) is 8.05. The molecule has 0 saturated heterocycles. The Kier molecular flexibility index (Phi) is 7.71. The summed E-state index contributed by atoms with van der Waals surface area (Å²) in [6, 6.07) is 9.80. The van der Waals surface area contributed by atoms with Gasteiger partial charge in [0.25, 0.3) is 20.2 Å². The van der Waals surface area contributed by atoms with E-state index in [9.17, 15) is 31.0 Å². The summed E-state index contributed by atoms with van der Waals surface area (Å²) in [7, 11) is -9.02. The third-order valence-corrected chi connectivity index (χ3v) is 6.32. The molecule has 1 aromatic heterocycles. The fourth-order valence-electron chi connectivity index (χ4n) is 3.24. The number of fused-ring (bicyclic) bond motifs is 2. The quantitative estimate of drug-likeness (QED) is 0.319. The van der Waals surface area contributed by atoms with Crippen LogP contribution in [0.3, 0.4) is 0 Å². The van der Waals surface area contributed by atoms with Crippen molar-refractivity contribution in [3.05, 3.63) is 65.4 Å². The number of hydrogen-bond donors (Lipinski definition) is 2. The van der Waals surface area contributed by atoms with Crippen LogP contribution in [0.25, 0.3) is 10.9 Å². The Morgan fingerprint density at radius 3 is 1.84 bits per heavy atom. The monoisotopic (exact) mass is 479 g/mol. The van der Waals surface area contributed by atoms with Crippen molar-refractivity contribution < 1.29 is 35.5 Å². The summed E-state index contributed by atoms with van der Waals surface area (Å²) in [6.07, 6.45) is 0. The number of aromatic nitrogens is 1. The normalized spacial score (nSPS) is 15.9. The SMILES string of the molecule is O=C1c2ccc(S(=O)(=O)O)cc2C(=O)C1c1ccc2ccc(S(=O)(=O)O)cc2n1.[Na].[Na]. The number of Topliss-reactive ketones (excluding diaryl/α,β-unsaturated/α-hetero) is 2. The van der Waals surface area contributed by atoms with E-state index in [2.05, 4.69) is 4.98 Å². The van der Waals surface area contributed by atoms with Crippen LogP contribution in [0.4, 0.5) is 0 Å². The smallest absolute Gasteiger partial charge is 0.293 e. The average Bonchev–Trinajstić information content (AvgIpc) is 2.89. The van der Waals surface area contributed by atoms with Crippen molar-refractivity contribution in [3.8, 4) is 0 Å². The van der Waals surface area contributed by atoms with Crippen molar-refractivity contribution >= 4 is 102 Å². The Labute approximate surface area is 221 Å². The van der Waals surface area contributed by atoms with Gasteiger partial charge in [0.1, 0.15) is 5.92 Å². The second-order valence-corrected chi connectivity index (χ2v) is 9.25. The number of nitrogens with zero attached hydrogens (tertiary/aromatic N) is 1. The van der Waals surface area contributed by atoms with Crippen molar-refractivity contribution in [3.63, 3.8) is 0 Å². The standard InChI is InChI=1S/C18H11NO8S2.2Na/c20-17-12-5-4-10(28(22,23)24)7-13(12)18(21)16(17)14-6-2-9-1-3-11(29(25,26)27)8-15(9)19-14;;/h1-8,16H,(H,22,23,24)(H,25,26,27);;. The largest absolute Gasteiger partial charge is 0.294 e. The maximum atomic E-state index is 12.8. The molecule has 2 aromatic carbocycles. The molecule has 13 heteroatoms. The first-order valence-corrected chi connectivity index (χ1v) is 10.9. The molecule has 2 N–H and O–H groups in total. The fraction of sp³-hybridized carbons (Fsp3) is 0.0556. The van der Waals surface area contributed by atoms with Crippen LogP contribution in [-0.2, 0) is 20.2 Å². The van der Waals surface area contributed by atoms with E-state index in [1.54, 1.807) is 6.07 Å². The van der Waals surface area contributed by atoms with Crippen LogP contribution in [0.5, 0.6) is 0 Å². The van der Waals surface area contributed by atoms with E-state index in [1.165, 1.54) is 18.2 Å². The maximum Gasteiger partial charge on any atom is 0.294 e. The fourth-order valence-corrected chi connectivity index (χ4v) is 4.24. The van der Waals surface area contributed by atoms with Gasteiger partial charge in [0.05, 0.1) is 21.0 Å². The van der Waals surface area contributed by atoms with Gasteiger partial charge in [-0.15, -0.1) is 0 Å². The summed E-state index contributed by atoms with van der Waals surface area (Å²) < 4.78 is 63.6. The topological polar surface area (TPSA) is 156 Å². The maximum absolute atomic E-state index is 12.8. The number of benzene rings is 2. The van der Waals surface area contributed by atoms with Gasteiger partial charge in [-0.2, -0.15) is 16.8 Å². The third kappa shape index (κ3) is 4.86. The Hall–Kier alpha value is -0.990. The molecule has 0 amide bonds. The van der Waals surface area contributed by atoms with Gasteiger partial charge < -0.3 is 0 Å². The van der Waals surface area contributed by atoms with E-state index >= 15 is 0 Å². The zero-order chi connectivity index (χ0) is 21.1. The Balaban J connectivity index is 0.00000171. The van der Waals surface area contributed by atoms with Gasteiger partial charge in [0.15, 0.2) is 11.6 Å². The summed E-state index contributed by atoms with van der Waals surface area (Å²) in [6.45, 7) is 0. The van der Waals surface area contributed by atoms with Gasteiger partial charge in [-0.05, 0) is 36.4 Å². The van der Waals surface area contributed by atoms with Crippen LogP contribution in [0.2, 0.25) is 0 Å². The van der Waals surface area contributed by atoms with Crippen LogP contribution in [0.1, 0.15) is 32.3 Å². The number of carbonyl (C=O) groups is 2. The van der Waals surface area contributed by atoms with E-state index in [-0.39, 0.29) is 86.3 Å². The van der Waals surface area contributed by atoms with Crippen LogP contribution in [-0.4, -0.2) is 102 Å². The average molecular weight is 479 g/mol. The molecule has 4 rings (SSSR count). The zero-order valence-corrected chi connectivity index (χ0v) is 21.9. The first kappa shape index (κ1) is 26.3. The number of hydrogen-bond acceptors (Lipinski definition) is 7. The van der Waals surface area contributed by atoms with Crippen molar-refractivity contribution in [2.75, 3.05) is 0 Å². The van der Waals surface area contributed by atoms with Crippen molar-refractivity contribution in [2.45, 2.75) is 15.7 Å². The molecule has 1 aliphatic carbocycles. The molecule has 2 radical (unpaired) electrons. The predicted molar refractivity (Wildman–Crippen MR) is 111 cm³/mol. The second kappa shape index (κ2) is 9.10. The summed E-state index contributed by atoms with van der Waals surface area (Å²) in [4.78, 5) is 28.8. The summed E-state index contributed by atoms with van der Waals surface area (Å²) in [5.74, 6) is -2.61. The molecule has 1 atom stereocenters. The molecule has 0 spiro atoms. The molecule has 1 unspecified atom stereocenters. The van der Waals surface area contributed by atoms with Crippen LogP contribution in [0, 0.1) is 0 Å². The van der Waals surface area contributed by atoms with Gasteiger partial charge in [0, 0.05) is 75.6 Å². The van der Waals surface area contributed by atoms with Gasteiger partial charge in [-0.1, -0.05) is 12.1 Å². The number of rotatable bonds is 3. The van der Waals surface area contributed by atoms with Crippen molar-refractivity contribution in [2.24, 2.45) is 0 Å². The number of pyridine rings is 1. The number of carbonyl (C=O) groups excluding carboxylic acids is 2. The van der Waals surface area contributed by atoms with Gasteiger partial charge in [-0.3, -0.25) is 23.7 Å². The van der Waals surface area contributed by atoms with Crippen molar-refractivity contribution in [1.29, 1.82) is 0 Å². The minimum atomic E-state index is -4.55. The van der Waals surface area contributed by atoms with E-state index in [0.29, 0.717) is 5.39 Å². The van der Waals surface area contributed by atoms with E-state index in [4.69, 9.17) is 4.55 Å². The third-order valence-electron chi connectivity index (χ3n) is 4.62. The van der Waals surface area contributed by atoms with Gasteiger partial charge >= 0.3 is 0 Å². The predicted octanol–water partition coefficient (Wildman–Crippen LogP) is 1.13. The van der Waals surface area contributed by atoms with Crippen LogP contribution >= 0.6 is 0 Å². The summed E-state index contributed by atoms with van der Waals surface area (Å²) >= 11 is 0. The summed E-state index contributed by atoms with van der Waals surface area (Å²) in [5.41, 5.74) is 0.0436. The molecule has 9 nitrogen and oxygen atoms in total. The summed E-state index contributed by atoms with van der Waals surface area (Å²) in [5, 5.41) is 0.519. The van der Waals surface area contributed by atoms with Crippen LogP contribution < -0.4 is 0 Å². The van der Waals surface area contributed by atoms with Gasteiger partial charge in [-0.25, -0.2) is 0 Å². The Morgan fingerprint density at radius 1 is 0.710 bits per heavy atom. The minimum Gasteiger partial charge on any atom is -0.293 e. The van der Waals surface area contributed by atoms with E-state index < -0.39 is 42.6 Å².